The fourth-order valence-electron chi connectivity index (χ4n) is 3.18. The lowest BCUT2D eigenvalue weighted by atomic mass is 10.0. The summed E-state index contributed by atoms with van der Waals surface area (Å²) >= 11 is 1.77. The highest BCUT2D eigenvalue weighted by Crippen LogP contribution is 2.25. The molecule has 0 spiro atoms. The number of hydrogen-bond acceptors (Lipinski definition) is 3. The van der Waals surface area contributed by atoms with Gasteiger partial charge in [0.2, 0.25) is 0 Å². The lowest BCUT2D eigenvalue weighted by Gasteiger charge is -2.26. The van der Waals surface area contributed by atoms with Crippen molar-refractivity contribution in [2.45, 2.75) is 13.0 Å². The van der Waals surface area contributed by atoms with Crippen LogP contribution in [-0.2, 0) is 6.54 Å². The Balaban J connectivity index is 1.45. The summed E-state index contributed by atoms with van der Waals surface area (Å²) in [4.78, 5) is 6.93. The standard InChI is InChI=1S/C21H20N2S/c1-2-4-18(5-3-1)21-12-17(13-22-14-21)15-23-9-6-19(7-10-23)20-8-11-24-16-20/h1-6,8,11-14,16H,7,9-10,15H2. The molecular formula is C21H20N2S. The van der Waals surface area contributed by atoms with Gasteiger partial charge >= 0.3 is 0 Å². The van der Waals surface area contributed by atoms with E-state index in [2.05, 4.69) is 63.1 Å². The summed E-state index contributed by atoms with van der Waals surface area (Å²) in [7, 11) is 0. The van der Waals surface area contributed by atoms with Crippen molar-refractivity contribution in [3.63, 3.8) is 0 Å². The maximum atomic E-state index is 4.44. The van der Waals surface area contributed by atoms with E-state index in [-0.39, 0.29) is 0 Å². The van der Waals surface area contributed by atoms with E-state index in [0.29, 0.717) is 0 Å². The second-order valence-electron chi connectivity index (χ2n) is 6.17. The lowest BCUT2D eigenvalue weighted by molar-refractivity contribution is 0.293. The van der Waals surface area contributed by atoms with E-state index in [9.17, 15) is 0 Å². The number of thiophene rings is 1. The van der Waals surface area contributed by atoms with Crippen LogP contribution in [0.1, 0.15) is 17.5 Å². The van der Waals surface area contributed by atoms with Crippen LogP contribution in [0.25, 0.3) is 16.7 Å². The van der Waals surface area contributed by atoms with Crippen molar-refractivity contribution in [1.82, 2.24) is 9.88 Å². The third-order valence-electron chi connectivity index (χ3n) is 4.49. The summed E-state index contributed by atoms with van der Waals surface area (Å²) in [5, 5.41) is 4.40. The normalized spacial score (nSPS) is 15.2. The maximum Gasteiger partial charge on any atom is 0.0346 e. The van der Waals surface area contributed by atoms with Gasteiger partial charge in [0.1, 0.15) is 0 Å². The van der Waals surface area contributed by atoms with E-state index in [1.807, 2.05) is 18.5 Å². The minimum Gasteiger partial charge on any atom is -0.295 e. The number of pyridine rings is 1. The molecule has 0 saturated carbocycles. The Kier molecular flexibility index (Phi) is 4.54. The van der Waals surface area contributed by atoms with E-state index in [0.717, 1.165) is 26.1 Å². The van der Waals surface area contributed by atoms with Crippen molar-refractivity contribution in [2.75, 3.05) is 13.1 Å². The van der Waals surface area contributed by atoms with Gasteiger partial charge in [0, 0.05) is 37.6 Å². The van der Waals surface area contributed by atoms with Crippen molar-refractivity contribution < 1.29 is 0 Å². The third-order valence-corrected chi connectivity index (χ3v) is 5.18. The minimum absolute atomic E-state index is 0.959. The molecule has 0 saturated heterocycles. The van der Waals surface area contributed by atoms with Gasteiger partial charge < -0.3 is 0 Å². The molecule has 0 fully saturated rings. The predicted octanol–water partition coefficient (Wildman–Crippen LogP) is 5.10. The fourth-order valence-corrected chi connectivity index (χ4v) is 3.87. The van der Waals surface area contributed by atoms with E-state index >= 15 is 0 Å². The van der Waals surface area contributed by atoms with Crippen molar-refractivity contribution in [3.05, 3.63) is 82.8 Å². The molecule has 0 bridgehead atoms. The molecule has 0 radical (unpaired) electrons. The molecule has 3 aromatic rings. The van der Waals surface area contributed by atoms with Gasteiger partial charge in [0.05, 0.1) is 0 Å². The zero-order valence-electron chi connectivity index (χ0n) is 13.6. The Labute approximate surface area is 147 Å². The average Bonchev–Trinajstić information content (AvgIpc) is 3.18. The maximum absolute atomic E-state index is 4.44. The number of benzene rings is 1. The van der Waals surface area contributed by atoms with E-state index in [1.54, 1.807) is 11.3 Å². The van der Waals surface area contributed by atoms with Gasteiger partial charge in [-0.25, -0.2) is 0 Å². The zero-order valence-corrected chi connectivity index (χ0v) is 14.4. The summed E-state index contributed by atoms with van der Waals surface area (Å²) in [6, 6.07) is 15.0. The molecule has 2 aromatic heterocycles. The zero-order chi connectivity index (χ0) is 16.2. The van der Waals surface area contributed by atoms with Crippen molar-refractivity contribution in [3.8, 4) is 11.1 Å². The molecule has 2 nitrogen and oxygen atoms in total. The van der Waals surface area contributed by atoms with Crippen molar-refractivity contribution in [2.24, 2.45) is 0 Å². The number of aromatic nitrogens is 1. The molecule has 0 atom stereocenters. The molecule has 1 aliphatic rings. The fraction of sp³-hybridized carbons (Fsp3) is 0.190. The van der Waals surface area contributed by atoms with Crippen LogP contribution in [0.5, 0.6) is 0 Å². The first-order valence-electron chi connectivity index (χ1n) is 8.32. The van der Waals surface area contributed by atoms with Crippen molar-refractivity contribution >= 4 is 16.9 Å². The summed E-state index contributed by atoms with van der Waals surface area (Å²) in [5.74, 6) is 0. The smallest absolute Gasteiger partial charge is 0.0346 e. The molecular weight excluding hydrogens is 312 g/mol. The van der Waals surface area contributed by atoms with E-state index in [1.165, 1.54) is 27.8 Å². The minimum atomic E-state index is 0.959. The Bertz CT molecular complexity index is 822. The van der Waals surface area contributed by atoms with Crippen LogP contribution in [0, 0.1) is 0 Å². The Morgan fingerprint density at radius 1 is 1.00 bits per heavy atom. The first-order valence-corrected chi connectivity index (χ1v) is 9.26. The summed E-state index contributed by atoms with van der Waals surface area (Å²) in [6.07, 6.45) is 7.44. The molecule has 1 aliphatic heterocycles. The van der Waals surface area contributed by atoms with Crippen LogP contribution in [0.4, 0.5) is 0 Å². The number of rotatable bonds is 4. The van der Waals surface area contributed by atoms with Gasteiger partial charge in [-0.15, -0.1) is 0 Å². The molecule has 0 aliphatic carbocycles. The number of hydrogen-bond donors (Lipinski definition) is 0. The highest BCUT2D eigenvalue weighted by molar-refractivity contribution is 7.08. The molecule has 1 aromatic carbocycles. The van der Waals surface area contributed by atoms with Gasteiger partial charge in [-0.1, -0.05) is 36.4 Å². The monoisotopic (exact) mass is 332 g/mol. The van der Waals surface area contributed by atoms with Crippen LogP contribution in [0.15, 0.2) is 71.7 Å². The van der Waals surface area contributed by atoms with Gasteiger partial charge in [-0.2, -0.15) is 11.3 Å². The van der Waals surface area contributed by atoms with Gasteiger partial charge in [0.15, 0.2) is 0 Å². The summed E-state index contributed by atoms with van der Waals surface area (Å²) < 4.78 is 0. The van der Waals surface area contributed by atoms with Crippen LogP contribution in [0.3, 0.4) is 0 Å². The van der Waals surface area contributed by atoms with Crippen LogP contribution < -0.4 is 0 Å². The Morgan fingerprint density at radius 3 is 2.67 bits per heavy atom. The first-order chi connectivity index (χ1) is 11.9. The van der Waals surface area contributed by atoms with Gasteiger partial charge in [-0.05, 0) is 51.6 Å². The van der Waals surface area contributed by atoms with E-state index < -0.39 is 0 Å². The SMILES string of the molecule is C1=C(c2ccsc2)CCN(Cc2cncc(-c3ccccc3)c2)C1. The molecule has 0 unspecified atom stereocenters. The molecule has 4 rings (SSSR count). The lowest BCUT2D eigenvalue weighted by Crippen LogP contribution is -2.28. The molecule has 0 amide bonds. The molecule has 3 heteroatoms. The van der Waals surface area contributed by atoms with Crippen LogP contribution in [0.2, 0.25) is 0 Å². The summed E-state index contributed by atoms with van der Waals surface area (Å²) in [6.45, 7) is 3.08. The quantitative estimate of drug-likeness (QED) is 0.661. The summed E-state index contributed by atoms with van der Waals surface area (Å²) in [5.41, 5.74) is 6.59. The van der Waals surface area contributed by atoms with Gasteiger partial charge in [0.25, 0.3) is 0 Å². The molecule has 0 N–H and O–H groups in total. The van der Waals surface area contributed by atoms with E-state index in [4.69, 9.17) is 0 Å². The molecule has 120 valence electrons. The highest BCUT2D eigenvalue weighted by Gasteiger charge is 2.14. The second-order valence-corrected chi connectivity index (χ2v) is 6.95. The first kappa shape index (κ1) is 15.3. The van der Waals surface area contributed by atoms with Crippen molar-refractivity contribution in [1.29, 1.82) is 0 Å². The highest BCUT2D eigenvalue weighted by atomic mass is 32.1. The number of nitrogens with zero attached hydrogens (tertiary/aromatic N) is 2. The Hall–Kier alpha value is -2.23. The molecule has 24 heavy (non-hydrogen) atoms. The topological polar surface area (TPSA) is 16.1 Å². The molecule has 3 heterocycles. The van der Waals surface area contributed by atoms with Crippen LogP contribution >= 0.6 is 11.3 Å². The Morgan fingerprint density at radius 2 is 1.92 bits per heavy atom. The third kappa shape index (κ3) is 3.48. The average molecular weight is 332 g/mol. The second kappa shape index (κ2) is 7.12. The van der Waals surface area contributed by atoms with Gasteiger partial charge in [-0.3, -0.25) is 9.88 Å². The largest absolute Gasteiger partial charge is 0.295 e. The van der Waals surface area contributed by atoms with Crippen LogP contribution in [-0.4, -0.2) is 23.0 Å². The predicted molar refractivity (Wildman–Crippen MR) is 102 cm³/mol.